The van der Waals surface area contributed by atoms with Crippen molar-refractivity contribution < 1.29 is 9.90 Å². The summed E-state index contributed by atoms with van der Waals surface area (Å²) in [5, 5.41) is 13.7. The quantitative estimate of drug-likeness (QED) is 0.497. The fourth-order valence-electron chi connectivity index (χ4n) is 2.34. The van der Waals surface area contributed by atoms with Crippen LogP contribution < -0.4 is 5.32 Å². The van der Waals surface area contributed by atoms with Crippen LogP contribution in [0.4, 0.5) is 0 Å². The van der Waals surface area contributed by atoms with Crippen LogP contribution in [0.25, 0.3) is 0 Å². The summed E-state index contributed by atoms with van der Waals surface area (Å²) in [6.45, 7) is 5.81. The number of amides is 1. The minimum absolute atomic E-state index is 0.180. The van der Waals surface area contributed by atoms with Gasteiger partial charge < -0.3 is 10.4 Å². The Kier molecular flexibility index (Phi) is 8.86. The monoisotopic (exact) mass is 323 g/mol. The standard InChI is InChI=1S/C18H26ClNO2/c1-3-5-6-7-9-16(17(21)8-4-2)20-18(22)14-10-12-15(19)13-11-14/h4,10-13,16-17,21H,2-3,5-9H2,1H3,(H,20,22)/t16-,17?/m0/s1. The SMILES string of the molecule is C=CCC(O)[C@H](CCCCCC)NC(=O)c1ccc(Cl)cc1. The van der Waals surface area contributed by atoms with E-state index in [-0.39, 0.29) is 11.9 Å². The molecule has 1 aromatic rings. The van der Waals surface area contributed by atoms with Crippen molar-refractivity contribution >= 4 is 17.5 Å². The predicted molar refractivity (Wildman–Crippen MR) is 92.3 cm³/mol. The molecule has 22 heavy (non-hydrogen) atoms. The molecule has 0 aliphatic heterocycles. The van der Waals surface area contributed by atoms with Gasteiger partial charge in [-0.25, -0.2) is 0 Å². The number of hydrogen-bond acceptors (Lipinski definition) is 2. The molecule has 1 aromatic carbocycles. The molecule has 2 atom stereocenters. The third kappa shape index (κ3) is 6.63. The highest BCUT2D eigenvalue weighted by molar-refractivity contribution is 6.30. The van der Waals surface area contributed by atoms with E-state index in [4.69, 9.17) is 11.6 Å². The zero-order valence-electron chi connectivity index (χ0n) is 13.2. The normalized spacial score (nSPS) is 13.4. The molecule has 122 valence electrons. The maximum absolute atomic E-state index is 12.3. The Balaban J connectivity index is 2.63. The molecule has 3 nitrogen and oxygen atoms in total. The molecule has 0 aliphatic carbocycles. The third-order valence-electron chi connectivity index (χ3n) is 3.66. The summed E-state index contributed by atoms with van der Waals surface area (Å²) in [4.78, 5) is 12.3. The van der Waals surface area contributed by atoms with Gasteiger partial charge in [-0.2, -0.15) is 0 Å². The number of halogens is 1. The number of nitrogens with one attached hydrogen (secondary N) is 1. The van der Waals surface area contributed by atoms with E-state index in [0.717, 1.165) is 25.7 Å². The number of carbonyl (C=O) groups is 1. The highest BCUT2D eigenvalue weighted by atomic mass is 35.5. The lowest BCUT2D eigenvalue weighted by Gasteiger charge is -2.23. The van der Waals surface area contributed by atoms with Crippen LogP contribution in [-0.2, 0) is 0 Å². The van der Waals surface area contributed by atoms with Crippen molar-refractivity contribution in [2.75, 3.05) is 0 Å². The molecule has 0 fully saturated rings. The molecular weight excluding hydrogens is 298 g/mol. The number of aliphatic hydroxyl groups excluding tert-OH is 1. The van der Waals surface area contributed by atoms with Gasteiger partial charge in [-0.05, 0) is 37.1 Å². The molecule has 0 aromatic heterocycles. The summed E-state index contributed by atoms with van der Waals surface area (Å²) in [5.74, 6) is -0.180. The predicted octanol–water partition coefficient (Wildman–Crippen LogP) is 4.35. The summed E-state index contributed by atoms with van der Waals surface area (Å²) in [6, 6.07) is 6.50. The molecule has 0 radical (unpaired) electrons. The molecule has 2 N–H and O–H groups in total. The zero-order valence-corrected chi connectivity index (χ0v) is 14.0. The van der Waals surface area contributed by atoms with Crippen molar-refractivity contribution in [1.29, 1.82) is 0 Å². The molecule has 0 saturated carbocycles. The highest BCUT2D eigenvalue weighted by Gasteiger charge is 2.20. The Morgan fingerprint density at radius 3 is 2.59 bits per heavy atom. The van der Waals surface area contributed by atoms with Crippen molar-refractivity contribution in [3.8, 4) is 0 Å². The van der Waals surface area contributed by atoms with Gasteiger partial charge in [0.25, 0.3) is 5.91 Å². The molecular formula is C18H26ClNO2. The van der Waals surface area contributed by atoms with E-state index in [1.165, 1.54) is 6.42 Å². The molecule has 0 bridgehead atoms. The first-order valence-corrected chi connectivity index (χ1v) is 8.31. The molecule has 0 saturated heterocycles. The second-order valence-electron chi connectivity index (χ2n) is 5.53. The third-order valence-corrected chi connectivity index (χ3v) is 3.92. The zero-order chi connectivity index (χ0) is 16.4. The van der Waals surface area contributed by atoms with Crippen LogP contribution in [-0.4, -0.2) is 23.2 Å². The number of unbranched alkanes of at least 4 members (excludes halogenated alkanes) is 3. The fraction of sp³-hybridized carbons (Fsp3) is 0.500. The van der Waals surface area contributed by atoms with Crippen LogP contribution in [0.3, 0.4) is 0 Å². The Morgan fingerprint density at radius 2 is 2.00 bits per heavy atom. The summed E-state index contributed by atoms with van der Waals surface area (Å²) in [7, 11) is 0. The lowest BCUT2D eigenvalue weighted by molar-refractivity contribution is 0.0822. The van der Waals surface area contributed by atoms with Gasteiger partial charge in [-0.15, -0.1) is 6.58 Å². The maximum Gasteiger partial charge on any atom is 0.251 e. The lowest BCUT2D eigenvalue weighted by Crippen LogP contribution is -2.43. The highest BCUT2D eigenvalue weighted by Crippen LogP contribution is 2.13. The van der Waals surface area contributed by atoms with E-state index in [1.807, 2.05) is 0 Å². The molecule has 0 aliphatic rings. The second-order valence-corrected chi connectivity index (χ2v) is 5.96. The van der Waals surface area contributed by atoms with E-state index in [9.17, 15) is 9.90 Å². The first-order valence-electron chi connectivity index (χ1n) is 7.93. The Hall–Kier alpha value is -1.32. The smallest absolute Gasteiger partial charge is 0.251 e. The molecule has 0 spiro atoms. The van der Waals surface area contributed by atoms with Gasteiger partial charge in [0, 0.05) is 10.6 Å². The van der Waals surface area contributed by atoms with Crippen LogP contribution in [0.15, 0.2) is 36.9 Å². The molecule has 1 rings (SSSR count). The van der Waals surface area contributed by atoms with Crippen molar-refractivity contribution in [2.24, 2.45) is 0 Å². The van der Waals surface area contributed by atoms with E-state index >= 15 is 0 Å². The largest absolute Gasteiger partial charge is 0.391 e. The van der Waals surface area contributed by atoms with Crippen molar-refractivity contribution in [3.63, 3.8) is 0 Å². The van der Waals surface area contributed by atoms with E-state index < -0.39 is 6.10 Å². The van der Waals surface area contributed by atoms with Gasteiger partial charge in [0.2, 0.25) is 0 Å². The fourth-order valence-corrected chi connectivity index (χ4v) is 2.47. The van der Waals surface area contributed by atoms with Gasteiger partial charge in [0.05, 0.1) is 12.1 Å². The summed E-state index contributed by atoms with van der Waals surface area (Å²) in [6.07, 6.45) is 6.77. The topological polar surface area (TPSA) is 49.3 Å². The molecule has 1 unspecified atom stereocenters. The van der Waals surface area contributed by atoms with Crippen molar-refractivity contribution in [1.82, 2.24) is 5.32 Å². The van der Waals surface area contributed by atoms with E-state index in [1.54, 1.807) is 30.3 Å². The van der Waals surface area contributed by atoms with Crippen LogP contribution in [0.2, 0.25) is 5.02 Å². The number of carbonyl (C=O) groups excluding carboxylic acids is 1. The van der Waals surface area contributed by atoms with Crippen LogP contribution in [0.1, 0.15) is 55.8 Å². The number of aliphatic hydroxyl groups is 1. The number of rotatable bonds is 10. The van der Waals surface area contributed by atoms with Gasteiger partial charge in [0.15, 0.2) is 0 Å². The van der Waals surface area contributed by atoms with Crippen molar-refractivity contribution in [3.05, 3.63) is 47.5 Å². The average Bonchev–Trinajstić information content (AvgIpc) is 2.51. The molecule has 1 amide bonds. The van der Waals surface area contributed by atoms with E-state index in [2.05, 4.69) is 18.8 Å². The molecule has 0 heterocycles. The maximum atomic E-state index is 12.3. The summed E-state index contributed by atoms with van der Waals surface area (Å²) in [5.41, 5.74) is 0.550. The van der Waals surface area contributed by atoms with Gasteiger partial charge in [-0.1, -0.05) is 50.3 Å². The minimum atomic E-state index is -0.602. The Labute approximate surface area is 138 Å². The summed E-state index contributed by atoms with van der Waals surface area (Å²) >= 11 is 5.83. The second kappa shape index (κ2) is 10.4. The van der Waals surface area contributed by atoms with Crippen LogP contribution >= 0.6 is 11.6 Å². The van der Waals surface area contributed by atoms with Gasteiger partial charge in [0.1, 0.15) is 0 Å². The number of benzene rings is 1. The van der Waals surface area contributed by atoms with Gasteiger partial charge in [-0.3, -0.25) is 4.79 Å². The van der Waals surface area contributed by atoms with Crippen LogP contribution in [0.5, 0.6) is 0 Å². The molecule has 4 heteroatoms. The lowest BCUT2D eigenvalue weighted by atomic mass is 10.00. The Bertz CT molecular complexity index is 459. The number of hydrogen-bond donors (Lipinski definition) is 2. The van der Waals surface area contributed by atoms with Crippen LogP contribution in [0, 0.1) is 0 Å². The minimum Gasteiger partial charge on any atom is -0.391 e. The van der Waals surface area contributed by atoms with Crippen molar-refractivity contribution in [2.45, 2.75) is 57.6 Å². The summed E-state index contributed by atoms with van der Waals surface area (Å²) < 4.78 is 0. The first kappa shape index (κ1) is 18.7. The van der Waals surface area contributed by atoms with Gasteiger partial charge >= 0.3 is 0 Å². The average molecular weight is 324 g/mol. The van der Waals surface area contributed by atoms with E-state index in [0.29, 0.717) is 17.0 Å². The Morgan fingerprint density at radius 1 is 1.32 bits per heavy atom. The first-order chi connectivity index (χ1) is 10.6.